The fourth-order valence-corrected chi connectivity index (χ4v) is 3.45. The van der Waals surface area contributed by atoms with E-state index in [0.717, 1.165) is 10.5 Å². The first-order valence-corrected chi connectivity index (χ1v) is 9.58. The number of ether oxygens (including phenoxy) is 2. The quantitative estimate of drug-likeness (QED) is 0.579. The fraction of sp³-hybridized carbons (Fsp3) is 0.250. The van der Waals surface area contributed by atoms with Gasteiger partial charge in [0.1, 0.15) is 11.5 Å². The lowest BCUT2D eigenvalue weighted by Gasteiger charge is -2.11. The minimum Gasteiger partial charge on any atom is -0.497 e. The molecule has 0 aliphatic carbocycles. The second kappa shape index (κ2) is 9.27. The highest BCUT2D eigenvalue weighted by molar-refractivity contribution is 7.98. The second-order valence-electron chi connectivity index (χ2n) is 5.92. The van der Waals surface area contributed by atoms with Crippen molar-refractivity contribution in [2.75, 3.05) is 14.2 Å². The van der Waals surface area contributed by atoms with Crippen molar-refractivity contribution in [3.63, 3.8) is 0 Å². The standard InChI is InChI=1S/C20H21N3O4S/c1-13-22-19(27-23-13)12-28-18-7-5-4-6-17(18)20(24)21-11-14-8-15(25-2)10-16(9-14)26-3/h4-10H,11-12H2,1-3H3,(H,21,24). The van der Waals surface area contributed by atoms with Gasteiger partial charge in [-0.3, -0.25) is 4.79 Å². The predicted octanol–water partition coefficient (Wildman–Crippen LogP) is 3.62. The first-order valence-electron chi connectivity index (χ1n) is 8.60. The average Bonchev–Trinajstić information content (AvgIpc) is 3.15. The number of methoxy groups -OCH3 is 2. The Labute approximate surface area is 167 Å². The summed E-state index contributed by atoms with van der Waals surface area (Å²) in [5.41, 5.74) is 1.48. The smallest absolute Gasteiger partial charge is 0.252 e. The summed E-state index contributed by atoms with van der Waals surface area (Å²) in [4.78, 5) is 17.8. The average molecular weight is 399 g/mol. The van der Waals surface area contributed by atoms with E-state index in [1.165, 1.54) is 11.8 Å². The lowest BCUT2D eigenvalue weighted by molar-refractivity contribution is 0.0948. The molecule has 28 heavy (non-hydrogen) atoms. The maximum absolute atomic E-state index is 12.7. The van der Waals surface area contributed by atoms with E-state index in [1.54, 1.807) is 33.3 Å². The van der Waals surface area contributed by atoms with Crippen molar-refractivity contribution in [2.45, 2.75) is 24.1 Å². The highest BCUT2D eigenvalue weighted by Crippen LogP contribution is 2.26. The summed E-state index contributed by atoms with van der Waals surface area (Å²) in [5, 5.41) is 6.72. The lowest BCUT2D eigenvalue weighted by atomic mass is 10.1. The van der Waals surface area contributed by atoms with Gasteiger partial charge >= 0.3 is 0 Å². The molecule has 1 aromatic heterocycles. The zero-order valence-electron chi connectivity index (χ0n) is 15.9. The van der Waals surface area contributed by atoms with E-state index in [0.29, 0.717) is 41.1 Å². The van der Waals surface area contributed by atoms with Crippen LogP contribution in [0.15, 0.2) is 51.9 Å². The molecule has 0 aliphatic rings. The first kappa shape index (κ1) is 19.8. The minimum absolute atomic E-state index is 0.161. The largest absolute Gasteiger partial charge is 0.497 e. The molecule has 0 atom stereocenters. The van der Waals surface area contributed by atoms with Crippen LogP contribution in [-0.2, 0) is 12.3 Å². The topological polar surface area (TPSA) is 86.5 Å². The lowest BCUT2D eigenvalue weighted by Crippen LogP contribution is -2.23. The number of aromatic nitrogens is 2. The molecule has 3 aromatic rings. The van der Waals surface area contributed by atoms with E-state index in [9.17, 15) is 4.79 Å². The Morgan fingerprint density at radius 3 is 2.50 bits per heavy atom. The number of nitrogens with one attached hydrogen (secondary N) is 1. The molecular weight excluding hydrogens is 378 g/mol. The van der Waals surface area contributed by atoms with Crippen LogP contribution >= 0.6 is 11.8 Å². The maximum Gasteiger partial charge on any atom is 0.252 e. The first-order chi connectivity index (χ1) is 13.6. The van der Waals surface area contributed by atoms with Gasteiger partial charge in [-0.05, 0) is 36.8 Å². The predicted molar refractivity (Wildman–Crippen MR) is 106 cm³/mol. The molecule has 0 spiro atoms. The molecular formula is C20H21N3O4S. The van der Waals surface area contributed by atoms with E-state index in [1.807, 2.05) is 30.3 Å². The monoisotopic (exact) mass is 399 g/mol. The molecule has 0 saturated carbocycles. The van der Waals surface area contributed by atoms with E-state index in [-0.39, 0.29) is 5.91 Å². The van der Waals surface area contributed by atoms with Crippen LogP contribution in [0.4, 0.5) is 0 Å². The van der Waals surface area contributed by atoms with Crippen molar-refractivity contribution in [1.29, 1.82) is 0 Å². The van der Waals surface area contributed by atoms with Gasteiger partial charge in [-0.25, -0.2) is 0 Å². The Kier molecular flexibility index (Phi) is 6.54. The number of rotatable bonds is 8. The Balaban J connectivity index is 1.67. The van der Waals surface area contributed by atoms with Gasteiger partial charge in [0.15, 0.2) is 5.82 Å². The zero-order chi connectivity index (χ0) is 19.9. The SMILES string of the molecule is COc1cc(CNC(=O)c2ccccc2SCc2nc(C)no2)cc(OC)c1. The van der Waals surface area contributed by atoms with Crippen molar-refractivity contribution in [1.82, 2.24) is 15.5 Å². The van der Waals surface area contributed by atoms with Gasteiger partial charge in [-0.2, -0.15) is 4.98 Å². The van der Waals surface area contributed by atoms with Crippen LogP contribution in [0, 0.1) is 6.92 Å². The van der Waals surface area contributed by atoms with Crippen molar-refractivity contribution >= 4 is 17.7 Å². The van der Waals surface area contributed by atoms with E-state index in [2.05, 4.69) is 15.5 Å². The van der Waals surface area contributed by atoms with Crippen LogP contribution in [0.5, 0.6) is 11.5 Å². The number of amides is 1. The molecule has 0 aliphatic heterocycles. The molecule has 3 rings (SSSR count). The molecule has 0 saturated heterocycles. The third-order valence-electron chi connectivity index (χ3n) is 3.92. The van der Waals surface area contributed by atoms with Gasteiger partial charge in [-0.1, -0.05) is 17.3 Å². The van der Waals surface area contributed by atoms with Gasteiger partial charge < -0.3 is 19.3 Å². The van der Waals surface area contributed by atoms with Gasteiger partial charge in [0.05, 0.1) is 25.5 Å². The highest BCUT2D eigenvalue weighted by atomic mass is 32.2. The normalized spacial score (nSPS) is 10.5. The summed E-state index contributed by atoms with van der Waals surface area (Å²) >= 11 is 1.48. The Morgan fingerprint density at radius 2 is 1.86 bits per heavy atom. The summed E-state index contributed by atoms with van der Waals surface area (Å²) in [6.45, 7) is 2.13. The molecule has 7 nitrogen and oxygen atoms in total. The van der Waals surface area contributed by atoms with Crippen molar-refractivity contribution < 1.29 is 18.8 Å². The van der Waals surface area contributed by atoms with Crippen LogP contribution in [-0.4, -0.2) is 30.3 Å². The Bertz CT molecular complexity index is 936. The van der Waals surface area contributed by atoms with Gasteiger partial charge in [-0.15, -0.1) is 11.8 Å². The van der Waals surface area contributed by atoms with Crippen LogP contribution < -0.4 is 14.8 Å². The van der Waals surface area contributed by atoms with Gasteiger partial charge in [0.25, 0.3) is 5.91 Å². The van der Waals surface area contributed by atoms with Crippen LogP contribution in [0.2, 0.25) is 0 Å². The highest BCUT2D eigenvalue weighted by Gasteiger charge is 2.13. The molecule has 2 aromatic carbocycles. The Morgan fingerprint density at radius 1 is 1.14 bits per heavy atom. The number of carbonyl (C=O) groups excluding carboxylic acids is 1. The van der Waals surface area contributed by atoms with E-state index < -0.39 is 0 Å². The summed E-state index contributed by atoms with van der Waals surface area (Å²) < 4.78 is 15.7. The molecule has 0 fully saturated rings. The summed E-state index contributed by atoms with van der Waals surface area (Å²) in [5.74, 6) is 2.81. The minimum atomic E-state index is -0.161. The number of carbonyl (C=O) groups is 1. The summed E-state index contributed by atoms with van der Waals surface area (Å²) in [6.07, 6.45) is 0. The second-order valence-corrected chi connectivity index (χ2v) is 6.94. The van der Waals surface area contributed by atoms with Crippen LogP contribution in [0.3, 0.4) is 0 Å². The molecule has 1 amide bonds. The number of aryl methyl sites for hydroxylation is 1. The third-order valence-corrected chi connectivity index (χ3v) is 4.98. The Hall–Kier alpha value is -3.00. The van der Waals surface area contributed by atoms with Gasteiger partial charge in [0, 0.05) is 17.5 Å². The number of hydrogen-bond acceptors (Lipinski definition) is 7. The van der Waals surface area contributed by atoms with Crippen molar-refractivity contribution in [2.24, 2.45) is 0 Å². The van der Waals surface area contributed by atoms with Crippen molar-refractivity contribution in [3.8, 4) is 11.5 Å². The molecule has 1 N–H and O–H groups in total. The number of benzene rings is 2. The number of thioether (sulfide) groups is 1. The molecule has 8 heteroatoms. The van der Waals surface area contributed by atoms with Crippen LogP contribution in [0.25, 0.3) is 0 Å². The number of hydrogen-bond donors (Lipinski definition) is 1. The molecule has 146 valence electrons. The fourth-order valence-electron chi connectivity index (χ4n) is 2.56. The van der Waals surface area contributed by atoms with E-state index >= 15 is 0 Å². The maximum atomic E-state index is 12.7. The van der Waals surface area contributed by atoms with Crippen LogP contribution in [0.1, 0.15) is 27.6 Å². The zero-order valence-corrected chi connectivity index (χ0v) is 16.7. The molecule has 0 bridgehead atoms. The summed E-state index contributed by atoms with van der Waals surface area (Å²) in [6, 6.07) is 12.9. The number of nitrogens with zero attached hydrogens (tertiary/aromatic N) is 2. The molecule has 0 unspecified atom stereocenters. The van der Waals surface area contributed by atoms with Crippen molar-refractivity contribution in [3.05, 3.63) is 65.3 Å². The molecule has 0 radical (unpaired) electrons. The third kappa shape index (κ3) is 5.04. The van der Waals surface area contributed by atoms with E-state index in [4.69, 9.17) is 14.0 Å². The summed E-state index contributed by atoms with van der Waals surface area (Å²) in [7, 11) is 3.19. The van der Waals surface area contributed by atoms with Gasteiger partial charge in [0.2, 0.25) is 5.89 Å². The molecule has 1 heterocycles.